The SMILES string of the molecule is OCc1ccc(CC[C@H]2CO2)cc1. The van der Waals surface area contributed by atoms with E-state index in [9.17, 15) is 0 Å². The second-order valence-electron chi connectivity index (χ2n) is 3.47. The highest BCUT2D eigenvalue weighted by molar-refractivity contribution is 5.22. The molecule has 1 saturated heterocycles. The standard InChI is InChI=1S/C11H14O2/c12-7-10-3-1-9(2-4-10)5-6-11-8-13-11/h1-4,11-12H,5-8H2/t11-/m0/s1. The van der Waals surface area contributed by atoms with Crippen LogP contribution in [0.2, 0.25) is 0 Å². The highest BCUT2D eigenvalue weighted by Gasteiger charge is 2.21. The minimum Gasteiger partial charge on any atom is -0.392 e. The molecule has 0 aliphatic carbocycles. The topological polar surface area (TPSA) is 32.8 Å². The molecule has 1 fully saturated rings. The van der Waals surface area contributed by atoms with Gasteiger partial charge in [0.15, 0.2) is 0 Å². The predicted molar refractivity (Wildman–Crippen MR) is 50.4 cm³/mol. The van der Waals surface area contributed by atoms with E-state index in [1.807, 2.05) is 12.1 Å². The van der Waals surface area contributed by atoms with Crippen LogP contribution < -0.4 is 0 Å². The Hall–Kier alpha value is -0.860. The summed E-state index contributed by atoms with van der Waals surface area (Å²) in [5.41, 5.74) is 2.30. The van der Waals surface area contributed by atoms with Crippen LogP contribution in [0.4, 0.5) is 0 Å². The summed E-state index contributed by atoms with van der Waals surface area (Å²) < 4.78 is 5.14. The smallest absolute Gasteiger partial charge is 0.0813 e. The van der Waals surface area contributed by atoms with Crippen LogP contribution in [0.1, 0.15) is 17.5 Å². The van der Waals surface area contributed by atoms with Crippen LogP contribution in [-0.4, -0.2) is 17.8 Å². The predicted octanol–water partition coefficient (Wildman–Crippen LogP) is 1.51. The summed E-state index contributed by atoms with van der Waals surface area (Å²) in [7, 11) is 0. The van der Waals surface area contributed by atoms with E-state index in [1.165, 1.54) is 5.56 Å². The summed E-state index contributed by atoms with van der Waals surface area (Å²) >= 11 is 0. The lowest BCUT2D eigenvalue weighted by molar-refractivity contribution is 0.282. The number of ether oxygens (including phenoxy) is 1. The molecule has 0 aromatic heterocycles. The van der Waals surface area contributed by atoms with E-state index in [1.54, 1.807) is 0 Å². The van der Waals surface area contributed by atoms with Crippen molar-refractivity contribution in [1.82, 2.24) is 0 Å². The van der Waals surface area contributed by atoms with Crippen molar-refractivity contribution in [3.63, 3.8) is 0 Å². The Balaban J connectivity index is 1.88. The molecule has 1 heterocycles. The van der Waals surface area contributed by atoms with Gasteiger partial charge in [-0.3, -0.25) is 0 Å². The van der Waals surface area contributed by atoms with Gasteiger partial charge >= 0.3 is 0 Å². The van der Waals surface area contributed by atoms with E-state index >= 15 is 0 Å². The lowest BCUT2D eigenvalue weighted by Gasteiger charge is -2.00. The van der Waals surface area contributed by atoms with Crippen molar-refractivity contribution in [3.05, 3.63) is 35.4 Å². The van der Waals surface area contributed by atoms with Crippen LogP contribution >= 0.6 is 0 Å². The van der Waals surface area contributed by atoms with Gasteiger partial charge in [0.2, 0.25) is 0 Å². The van der Waals surface area contributed by atoms with E-state index in [4.69, 9.17) is 9.84 Å². The third-order valence-electron chi connectivity index (χ3n) is 2.36. The van der Waals surface area contributed by atoms with E-state index in [-0.39, 0.29) is 6.61 Å². The Labute approximate surface area is 78.2 Å². The highest BCUT2D eigenvalue weighted by Crippen LogP contribution is 2.16. The number of rotatable bonds is 4. The second kappa shape index (κ2) is 3.90. The fraction of sp³-hybridized carbons (Fsp3) is 0.455. The molecule has 2 rings (SSSR count). The molecule has 0 bridgehead atoms. The fourth-order valence-corrected chi connectivity index (χ4v) is 1.37. The molecule has 1 atom stereocenters. The van der Waals surface area contributed by atoms with Crippen molar-refractivity contribution in [1.29, 1.82) is 0 Å². The van der Waals surface area contributed by atoms with Crippen molar-refractivity contribution in [2.45, 2.75) is 25.6 Å². The Bertz CT molecular complexity index is 262. The van der Waals surface area contributed by atoms with Crippen molar-refractivity contribution < 1.29 is 9.84 Å². The molecule has 0 saturated carbocycles. The number of hydrogen-bond donors (Lipinski definition) is 1. The lowest BCUT2D eigenvalue weighted by Crippen LogP contribution is -1.91. The molecular weight excluding hydrogens is 164 g/mol. The zero-order valence-corrected chi connectivity index (χ0v) is 7.57. The summed E-state index contributed by atoms with van der Waals surface area (Å²) in [5.74, 6) is 0. The first kappa shape index (κ1) is 8.73. The van der Waals surface area contributed by atoms with Gasteiger partial charge in [-0.15, -0.1) is 0 Å². The summed E-state index contributed by atoms with van der Waals surface area (Å²) in [6, 6.07) is 8.11. The van der Waals surface area contributed by atoms with Gasteiger partial charge in [0, 0.05) is 0 Å². The molecule has 2 nitrogen and oxygen atoms in total. The van der Waals surface area contributed by atoms with Gasteiger partial charge in [-0.05, 0) is 24.0 Å². The highest BCUT2D eigenvalue weighted by atomic mass is 16.6. The van der Waals surface area contributed by atoms with Crippen LogP contribution in [0.25, 0.3) is 0 Å². The van der Waals surface area contributed by atoms with Gasteiger partial charge < -0.3 is 9.84 Å². The molecule has 1 aromatic rings. The van der Waals surface area contributed by atoms with Crippen LogP contribution in [0.5, 0.6) is 0 Å². The molecule has 0 radical (unpaired) electrons. The number of aliphatic hydroxyl groups is 1. The number of epoxide rings is 1. The van der Waals surface area contributed by atoms with Gasteiger partial charge in [0.05, 0.1) is 19.3 Å². The molecule has 0 amide bonds. The minimum absolute atomic E-state index is 0.131. The van der Waals surface area contributed by atoms with Gasteiger partial charge in [-0.25, -0.2) is 0 Å². The average Bonchev–Trinajstić information content (AvgIpc) is 2.99. The number of aryl methyl sites for hydroxylation is 1. The minimum atomic E-state index is 0.131. The Kier molecular flexibility index (Phi) is 2.62. The molecule has 0 spiro atoms. The Morgan fingerprint density at radius 2 is 1.85 bits per heavy atom. The quantitative estimate of drug-likeness (QED) is 0.709. The molecule has 70 valence electrons. The summed E-state index contributed by atoms with van der Waals surface area (Å²) in [6.07, 6.45) is 2.71. The van der Waals surface area contributed by atoms with Gasteiger partial charge in [-0.2, -0.15) is 0 Å². The first-order valence-electron chi connectivity index (χ1n) is 4.69. The Morgan fingerprint density at radius 3 is 2.38 bits per heavy atom. The van der Waals surface area contributed by atoms with Crippen molar-refractivity contribution in [3.8, 4) is 0 Å². The van der Waals surface area contributed by atoms with Gasteiger partial charge in [0.1, 0.15) is 0 Å². The maximum Gasteiger partial charge on any atom is 0.0813 e. The van der Waals surface area contributed by atoms with E-state index in [2.05, 4.69) is 12.1 Å². The Morgan fingerprint density at radius 1 is 1.23 bits per heavy atom. The van der Waals surface area contributed by atoms with Crippen molar-refractivity contribution >= 4 is 0 Å². The monoisotopic (exact) mass is 178 g/mol. The van der Waals surface area contributed by atoms with Gasteiger partial charge in [-0.1, -0.05) is 24.3 Å². The van der Waals surface area contributed by atoms with E-state index < -0.39 is 0 Å². The summed E-state index contributed by atoms with van der Waals surface area (Å²) in [5, 5.41) is 8.84. The largest absolute Gasteiger partial charge is 0.392 e. The maximum atomic E-state index is 8.84. The van der Waals surface area contributed by atoms with E-state index in [0.29, 0.717) is 6.10 Å². The first-order valence-corrected chi connectivity index (χ1v) is 4.69. The van der Waals surface area contributed by atoms with E-state index in [0.717, 1.165) is 25.0 Å². The number of aliphatic hydroxyl groups excluding tert-OH is 1. The number of hydrogen-bond acceptors (Lipinski definition) is 2. The third-order valence-corrected chi connectivity index (χ3v) is 2.36. The average molecular weight is 178 g/mol. The van der Waals surface area contributed by atoms with Crippen LogP contribution in [0.15, 0.2) is 24.3 Å². The fourth-order valence-electron chi connectivity index (χ4n) is 1.37. The van der Waals surface area contributed by atoms with Gasteiger partial charge in [0.25, 0.3) is 0 Å². The molecule has 0 unspecified atom stereocenters. The van der Waals surface area contributed by atoms with Crippen LogP contribution in [0, 0.1) is 0 Å². The summed E-state index contributed by atoms with van der Waals surface area (Å²) in [6.45, 7) is 1.07. The van der Waals surface area contributed by atoms with Crippen molar-refractivity contribution in [2.75, 3.05) is 6.61 Å². The molecule has 13 heavy (non-hydrogen) atoms. The molecule has 1 aliphatic rings. The second-order valence-corrected chi connectivity index (χ2v) is 3.47. The summed E-state index contributed by atoms with van der Waals surface area (Å²) in [4.78, 5) is 0. The molecule has 2 heteroatoms. The lowest BCUT2D eigenvalue weighted by atomic mass is 10.1. The van der Waals surface area contributed by atoms with Crippen molar-refractivity contribution in [2.24, 2.45) is 0 Å². The maximum absolute atomic E-state index is 8.84. The third kappa shape index (κ3) is 2.54. The molecule has 1 aromatic carbocycles. The normalized spacial score (nSPS) is 20.2. The molecule has 1 aliphatic heterocycles. The molecule has 1 N–H and O–H groups in total. The number of benzene rings is 1. The first-order chi connectivity index (χ1) is 6.38. The molecular formula is C11H14O2. The van der Waals surface area contributed by atoms with Crippen LogP contribution in [-0.2, 0) is 17.8 Å². The van der Waals surface area contributed by atoms with Crippen LogP contribution in [0.3, 0.4) is 0 Å². The zero-order valence-electron chi connectivity index (χ0n) is 7.57. The zero-order chi connectivity index (χ0) is 9.10.